The van der Waals surface area contributed by atoms with Crippen molar-refractivity contribution >= 4 is 29.4 Å². The smallest absolute Gasteiger partial charge is 0.340 e. The second-order valence-electron chi connectivity index (χ2n) is 4.21. The van der Waals surface area contributed by atoms with Gasteiger partial charge in [-0.05, 0) is 17.7 Å². The standard InChI is InChI=1S/C16H15NO3S/c1-19-14-9-5-8-13(15(14)17-11-21)16(18)20-10-12-6-3-2-4-7-12/h2-9,11H,10H2,1H3,(H,17,21). The molecular weight excluding hydrogens is 286 g/mol. The number of nitrogens with one attached hydrogen (secondary N) is 1. The van der Waals surface area contributed by atoms with Gasteiger partial charge in [-0.15, -0.1) is 0 Å². The normalized spacial score (nSPS) is 9.76. The number of hydrogen-bond donors (Lipinski definition) is 1. The molecule has 4 nitrogen and oxygen atoms in total. The van der Waals surface area contributed by atoms with E-state index in [2.05, 4.69) is 5.32 Å². The Hall–Kier alpha value is -2.40. The number of anilines is 1. The van der Waals surface area contributed by atoms with Crippen LogP contribution in [0.4, 0.5) is 5.69 Å². The molecule has 0 aliphatic heterocycles. The number of thiocarbonyl (C=S) groups is 1. The molecule has 0 aromatic heterocycles. The summed E-state index contributed by atoms with van der Waals surface area (Å²) in [7, 11) is 1.53. The summed E-state index contributed by atoms with van der Waals surface area (Å²) in [4.78, 5) is 12.2. The highest BCUT2D eigenvalue weighted by Gasteiger charge is 2.16. The Bertz CT molecular complexity index is 629. The zero-order valence-corrected chi connectivity index (χ0v) is 12.4. The lowest BCUT2D eigenvalue weighted by atomic mass is 10.1. The maximum Gasteiger partial charge on any atom is 0.340 e. The van der Waals surface area contributed by atoms with Gasteiger partial charge in [-0.2, -0.15) is 0 Å². The maximum atomic E-state index is 12.2. The van der Waals surface area contributed by atoms with Crippen molar-refractivity contribution in [2.75, 3.05) is 12.4 Å². The zero-order valence-electron chi connectivity index (χ0n) is 11.5. The first-order chi connectivity index (χ1) is 10.3. The molecule has 0 saturated carbocycles. The fourth-order valence-electron chi connectivity index (χ4n) is 1.88. The second-order valence-corrected chi connectivity index (χ2v) is 4.44. The van der Waals surface area contributed by atoms with E-state index >= 15 is 0 Å². The molecule has 2 aromatic carbocycles. The van der Waals surface area contributed by atoms with Crippen LogP contribution in [0.2, 0.25) is 0 Å². The van der Waals surface area contributed by atoms with Crippen LogP contribution < -0.4 is 10.1 Å². The van der Waals surface area contributed by atoms with Crippen LogP contribution in [0.15, 0.2) is 48.5 Å². The molecular formula is C16H15NO3S. The van der Waals surface area contributed by atoms with Gasteiger partial charge in [0, 0.05) is 0 Å². The third-order valence-corrected chi connectivity index (χ3v) is 3.00. The molecule has 108 valence electrons. The van der Waals surface area contributed by atoms with Gasteiger partial charge in [0.05, 0.1) is 23.9 Å². The molecule has 0 fully saturated rings. The number of carbonyl (C=O) groups excluding carboxylic acids is 1. The topological polar surface area (TPSA) is 47.6 Å². The Labute approximate surface area is 128 Å². The quantitative estimate of drug-likeness (QED) is 0.654. The Morgan fingerprint density at radius 2 is 1.95 bits per heavy atom. The lowest BCUT2D eigenvalue weighted by molar-refractivity contribution is 0.0473. The minimum absolute atomic E-state index is 0.216. The molecule has 0 saturated heterocycles. The molecule has 0 aliphatic carbocycles. The minimum Gasteiger partial charge on any atom is -0.495 e. The van der Waals surface area contributed by atoms with Crippen LogP contribution in [-0.2, 0) is 11.3 Å². The average Bonchev–Trinajstić information content (AvgIpc) is 2.54. The summed E-state index contributed by atoms with van der Waals surface area (Å²) in [6, 6.07) is 14.6. The molecule has 2 aromatic rings. The van der Waals surface area contributed by atoms with E-state index in [1.54, 1.807) is 18.2 Å². The monoisotopic (exact) mass is 301 g/mol. The van der Waals surface area contributed by atoms with Crippen LogP contribution in [0.1, 0.15) is 15.9 Å². The highest BCUT2D eigenvalue weighted by atomic mass is 32.1. The molecule has 2 rings (SSSR count). The second kappa shape index (κ2) is 7.40. The van der Waals surface area contributed by atoms with Crippen LogP contribution in [0.25, 0.3) is 0 Å². The first-order valence-electron chi connectivity index (χ1n) is 6.34. The number of rotatable bonds is 6. The van der Waals surface area contributed by atoms with Crippen LogP contribution in [0, 0.1) is 0 Å². The Morgan fingerprint density at radius 3 is 2.62 bits per heavy atom. The van der Waals surface area contributed by atoms with E-state index in [4.69, 9.17) is 21.7 Å². The van der Waals surface area contributed by atoms with Crippen LogP contribution in [-0.4, -0.2) is 18.6 Å². The Balaban J connectivity index is 2.17. The van der Waals surface area contributed by atoms with Gasteiger partial charge in [0.1, 0.15) is 12.4 Å². The van der Waals surface area contributed by atoms with Crippen molar-refractivity contribution < 1.29 is 14.3 Å². The molecule has 0 radical (unpaired) electrons. The van der Waals surface area contributed by atoms with Gasteiger partial charge < -0.3 is 14.8 Å². The first kappa shape index (κ1) is 15.0. The lowest BCUT2D eigenvalue weighted by Crippen LogP contribution is -2.10. The fraction of sp³-hybridized carbons (Fsp3) is 0.125. The zero-order chi connectivity index (χ0) is 15.1. The number of methoxy groups -OCH3 is 1. The van der Waals surface area contributed by atoms with Crippen LogP contribution in [0.5, 0.6) is 5.75 Å². The van der Waals surface area contributed by atoms with E-state index in [1.165, 1.54) is 12.6 Å². The molecule has 0 amide bonds. The summed E-state index contributed by atoms with van der Waals surface area (Å²) in [6.45, 7) is 0.216. The van der Waals surface area contributed by atoms with Crippen LogP contribution >= 0.6 is 12.2 Å². The number of para-hydroxylation sites is 1. The average molecular weight is 301 g/mol. The van der Waals surface area contributed by atoms with Crippen molar-refractivity contribution in [1.82, 2.24) is 0 Å². The van der Waals surface area contributed by atoms with Gasteiger partial charge in [0.25, 0.3) is 0 Å². The van der Waals surface area contributed by atoms with Gasteiger partial charge >= 0.3 is 5.97 Å². The molecule has 0 spiro atoms. The van der Waals surface area contributed by atoms with E-state index in [1.807, 2.05) is 30.3 Å². The number of hydrogen-bond acceptors (Lipinski definition) is 4. The molecule has 21 heavy (non-hydrogen) atoms. The number of esters is 1. The Morgan fingerprint density at radius 1 is 1.19 bits per heavy atom. The molecule has 0 heterocycles. The van der Waals surface area contributed by atoms with Crippen molar-refractivity contribution in [3.63, 3.8) is 0 Å². The number of benzene rings is 2. The Kier molecular flexibility index (Phi) is 5.29. The van der Waals surface area contributed by atoms with Crippen molar-refractivity contribution in [2.24, 2.45) is 0 Å². The summed E-state index contributed by atoms with van der Waals surface area (Å²) in [6.07, 6.45) is 0. The highest BCUT2D eigenvalue weighted by Crippen LogP contribution is 2.28. The van der Waals surface area contributed by atoms with E-state index < -0.39 is 5.97 Å². The summed E-state index contributed by atoms with van der Waals surface area (Å²) in [5, 5.41) is 2.84. The molecule has 0 bridgehead atoms. The van der Waals surface area contributed by atoms with Gasteiger partial charge in [-0.25, -0.2) is 4.79 Å². The predicted molar refractivity (Wildman–Crippen MR) is 85.8 cm³/mol. The summed E-state index contributed by atoms with van der Waals surface area (Å²) < 4.78 is 10.5. The van der Waals surface area contributed by atoms with Crippen molar-refractivity contribution in [3.8, 4) is 5.75 Å². The lowest BCUT2D eigenvalue weighted by Gasteiger charge is -2.12. The maximum absolute atomic E-state index is 12.2. The summed E-state index contributed by atoms with van der Waals surface area (Å²) >= 11 is 4.79. The van der Waals surface area contributed by atoms with Gasteiger partial charge in [0.2, 0.25) is 0 Å². The van der Waals surface area contributed by atoms with Gasteiger partial charge in [-0.1, -0.05) is 48.6 Å². The molecule has 5 heteroatoms. The fourth-order valence-corrected chi connectivity index (χ4v) is 2.00. The third kappa shape index (κ3) is 3.79. The molecule has 0 unspecified atom stereocenters. The summed E-state index contributed by atoms with van der Waals surface area (Å²) in [5.74, 6) is 0.0994. The minimum atomic E-state index is -0.433. The van der Waals surface area contributed by atoms with E-state index in [9.17, 15) is 4.79 Å². The highest BCUT2D eigenvalue weighted by molar-refractivity contribution is 7.79. The van der Waals surface area contributed by atoms with Gasteiger partial charge in [-0.3, -0.25) is 0 Å². The molecule has 0 aliphatic rings. The van der Waals surface area contributed by atoms with E-state index in [0.29, 0.717) is 17.0 Å². The third-order valence-electron chi connectivity index (χ3n) is 2.88. The number of carbonyl (C=O) groups is 1. The first-order valence-corrected chi connectivity index (χ1v) is 6.81. The van der Waals surface area contributed by atoms with Crippen LogP contribution in [0.3, 0.4) is 0 Å². The van der Waals surface area contributed by atoms with E-state index in [-0.39, 0.29) is 6.61 Å². The number of ether oxygens (including phenoxy) is 2. The van der Waals surface area contributed by atoms with E-state index in [0.717, 1.165) is 5.56 Å². The largest absolute Gasteiger partial charge is 0.495 e. The van der Waals surface area contributed by atoms with Crippen molar-refractivity contribution in [2.45, 2.75) is 6.61 Å². The van der Waals surface area contributed by atoms with Gasteiger partial charge in [0.15, 0.2) is 0 Å². The predicted octanol–water partition coefficient (Wildman–Crippen LogP) is 3.42. The molecule has 1 N–H and O–H groups in total. The summed E-state index contributed by atoms with van der Waals surface area (Å²) in [5.41, 5.74) is 3.14. The molecule has 0 atom stereocenters. The van der Waals surface area contributed by atoms with Crippen molar-refractivity contribution in [3.05, 3.63) is 59.7 Å². The van der Waals surface area contributed by atoms with Crippen molar-refractivity contribution in [1.29, 1.82) is 0 Å². The SMILES string of the molecule is COc1cccc(C(=O)OCc2ccccc2)c1NC=S.